The highest BCUT2D eigenvalue weighted by molar-refractivity contribution is 5.94. The molecule has 2 N–H and O–H groups in total. The number of nitriles is 1. The van der Waals surface area contributed by atoms with Gasteiger partial charge in [0, 0.05) is 11.8 Å². The van der Waals surface area contributed by atoms with Gasteiger partial charge in [0.1, 0.15) is 11.8 Å². The summed E-state index contributed by atoms with van der Waals surface area (Å²) >= 11 is 0. The Morgan fingerprint density at radius 1 is 1.22 bits per heavy atom. The van der Waals surface area contributed by atoms with Gasteiger partial charge in [-0.15, -0.1) is 0 Å². The first kappa shape index (κ1) is 26.2. The molecule has 0 fully saturated rings. The van der Waals surface area contributed by atoms with Crippen molar-refractivity contribution >= 4 is 12.0 Å². The Balaban J connectivity index is 1.92. The summed E-state index contributed by atoms with van der Waals surface area (Å²) in [5, 5.41) is 26.1. The molecule has 36 heavy (non-hydrogen) atoms. The molecule has 0 aliphatic heterocycles. The van der Waals surface area contributed by atoms with Crippen molar-refractivity contribution in [1.82, 2.24) is 15.1 Å². The third-order valence-corrected chi connectivity index (χ3v) is 5.26. The monoisotopic (exact) mass is 492 g/mol. The maximum atomic E-state index is 13.4. The zero-order valence-corrected chi connectivity index (χ0v) is 19.5. The molecule has 0 aliphatic carbocycles. The highest BCUT2D eigenvalue weighted by atomic mass is 19.4. The van der Waals surface area contributed by atoms with Crippen LogP contribution in [0.15, 0.2) is 84.6 Å². The lowest BCUT2D eigenvalue weighted by atomic mass is 9.98. The van der Waals surface area contributed by atoms with Crippen LogP contribution in [0.3, 0.4) is 0 Å². The van der Waals surface area contributed by atoms with Gasteiger partial charge in [-0.3, -0.25) is 4.79 Å². The van der Waals surface area contributed by atoms with Gasteiger partial charge in [0.2, 0.25) is 0 Å². The van der Waals surface area contributed by atoms with Gasteiger partial charge in [-0.05, 0) is 60.9 Å². The first-order chi connectivity index (χ1) is 17.1. The summed E-state index contributed by atoms with van der Waals surface area (Å²) in [5.74, 6) is -0.840. The van der Waals surface area contributed by atoms with Crippen LogP contribution < -0.4 is 5.32 Å². The minimum Gasteiger partial charge on any atom is -0.384 e. The molecule has 3 rings (SSSR count). The molecular weight excluding hydrogens is 469 g/mol. The number of hydrogen-bond acceptors (Lipinski definition) is 4. The van der Waals surface area contributed by atoms with Crippen LogP contribution in [0.4, 0.5) is 13.2 Å². The number of nitrogens with one attached hydrogen (secondary N) is 1. The number of halogens is 3. The molecule has 1 amide bonds. The van der Waals surface area contributed by atoms with Crippen LogP contribution in [-0.2, 0) is 6.18 Å². The van der Waals surface area contributed by atoms with Gasteiger partial charge in [-0.1, -0.05) is 43.0 Å². The molecule has 2 aromatic carbocycles. The molecule has 1 aromatic heterocycles. The minimum absolute atomic E-state index is 0.128. The van der Waals surface area contributed by atoms with E-state index in [2.05, 4.69) is 17.0 Å². The number of aliphatic hydroxyl groups is 1. The zero-order chi connectivity index (χ0) is 26.5. The van der Waals surface area contributed by atoms with E-state index >= 15 is 0 Å². The lowest BCUT2D eigenvalue weighted by molar-refractivity contribution is -0.141. The standard InChI is InChI=1S/C27H23F3N4O2/c1-4-18-8-6-10-21(13-18)25(35)20(5-2)12-17(3)32-26(36)23-15-24(27(28,29)30)33-34(23)22-11-7-9-19(14-22)16-31/h4-15,25,35H,1H2,2-3H3,(H,32,36)/b17-12+,20-5+. The van der Waals surface area contributed by atoms with Gasteiger partial charge in [0.05, 0.1) is 17.3 Å². The predicted molar refractivity (Wildman–Crippen MR) is 130 cm³/mol. The number of alkyl halides is 3. The number of aromatic nitrogens is 2. The molecule has 1 atom stereocenters. The number of aliphatic hydroxyl groups excluding tert-OH is 1. The number of carbonyl (C=O) groups is 1. The fourth-order valence-electron chi connectivity index (χ4n) is 3.48. The number of rotatable bonds is 7. The van der Waals surface area contributed by atoms with E-state index in [9.17, 15) is 23.1 Å². The summed E-state index contributed by atoms with van der Waals surface area (Å²) in [4.78, 5) is 13.0. The van der Waals surface area contributed by atoms with Gasteiger partial charge < -0.3 is 10.4 Å². The average molecular weight is 493 g/mol. The third-order valence-electron chi connectivity index (χ3n) is 5.26. The van der Waals surface area contributed by atoms with Crippen LogP contribution in [-0.4, -0.2) is 20.8 Å². The fourth-order valence-corrected chi connectivity index (χ4v) is 3.48. The molecule has 0 spiro atoms. The summed E-state index contributed by atoms with van der Waals surface area (Å²) in [5.41, 5.74) is 0.912. The molecule has 0 saturated heterocycles. The van der Waals surface area contributed by atoms with Crippen molar-refractivity contribution in [3.8, 4) is 11.8 Å². The molecule has 1 heterocycles. The summed E-state index contributed by atoms with van der Waals surface area (Å²) < 4.78 is 41.0. The van der Waals surface area contributed by atoms with Gasteiger partial charge in [-0.2, -0.15) is 23.5 Å². The van der Waals surface area contributed by atoms with Crippen LogP contribution in [0.5, 0.6) is 0 Å². The Labute approximate surface area is 206 Å². The molecule has 0 saturated carbocycles. The topological polar surface area (TPSA) is 90.9 Å². The summed E-state index contributed by atoms with van der Waals surface area (Å²) in [7, 11) is 0. The largest absolute Gasteiger partial charge is 0.435 e. The number of benzene rings is 2. The van der Waals surface area contributed by atoms with E-state index in [4.69, 9.17) is 5.26 Å². The second-order valence-electron chi connectivity index (χ2n) is 7.83. The summed E-state index contributed by atoms with van der Waals surface area (Å²) in [6, 6.07) is 15.4. The Kier molecular flexibility index (Phi) is 7.92. The Hall–Kier alpha value is -4.42. The van der Waals surface area contributed by atoms with Gasteiger partial charge in [0.25, 0.3) is 5.91 Å². The molecule has 184 valence electrons. The third kappa shape index (κ3) is 5.98. The lowest BCUT2D eigenvalue weighted by Gasteiger charge is -2.15. The van der Waals surface area contributed by atoms with Crippen molar-refractivity contribution in [3.63, 3.8) is 0 Å². The number of carbonyl (C=O) groups excluding carboxylic acids is 1. The smallest absolute Gasteiger partial charge is 0.384 e. The molecule has 6 nitrogen and oxygen atoms in total. The van der Waals surface area contributed by atoms with Gasteiger partial charge >= 0.3 is 6.18 Å². The number of amides is 1. The molecular formula is C27H23F3N4O2. The highest BCUT2D eigenvalue weighted by Gasteiger charge is 2.36. The molecule has 9 heteroatoms. The minimum atomic E-state index is -4.78. The number of hydrogen-bond donors (Lipinski definition) is 2. The van der Waals surface area contributed by atoms with E-state index in [1.807, 2.05) is 12.1 Å². The van der Waals surface area contributed by atoms with E-state index in [1.165, 1.54) is 30.3 Å². The maximum absolute atomic E-state index is 13.4. The Morgan fingerprint density at radius 3 is 2.58 bits per heavy atom. The molecule has 3 aromatic rings. The number of nitrogens with zero attached hydrogens (tertiary/aromatic N) is 3. The van der Waals surface area contributed by atoms with Gasteiger partial charge in [-0.25, -0.2) is 4.68 Å². The van der Waals surface area contributed by atoms with Crippen LogP contribution in [0, 0.1) is 11.3 Å². The Morgan fingerprint density at radius 2 is 1.94 bits per heavy atom. The SMILES string of the molecule is C=Cc1cccc(C(O)C(/C=C(\C)NC(=O)c2cc(C(F)(F)F)nn2-c2cccc(C#N)c2)=C/C)c1. The number of allylic oxidation sites excluding steroid dienone is 2. The average Bonchev–Trinajstić information content (AvgIpc) is 3.33. The van der Waals surface area contributed by atoms with Crippen molar-refractivity contribution in [1.29, 1.82) is 5.26 Å². The first-order valence-corrected chi connectivity index (χ1v) is 10.8. The van der Waals surface area contributed by atoms with Crippen LogP contribution in [0.25, 0.3) is 11.8 Å². The maximum Gasteiger partial charge on any atom is 0.435 e. The zero-order valence-electron chi connectivity index (χ0n) is 19.5. The van der Waals surface area contributed by atoms with Crippen molar-refractivity contribution in [2.45, 2.75) is 26.1 Å². The van der Waals surface area contributed by atoms with E-state index in [0.717, 1.165) is 10.2 Å². The van der Waals surface area contributed by atoms with E-state index in [1.54, 1.807) is 44.2 Å². The van der Waals surface area contributed by atoms with Crippen molar-refractivity contribution in [3.05, 3.63) is 113 Å². The van der Waals surface area contributed by atoms with E-state index in [0.29, 0.717) is 22.9 Å². The normalized spacial score (nSPS) is 13.1. The Bertz CT molecular complexity index is 1390. The second kappa shape index (κ2) is 10.9. The van der Waals surface area contributed by atoms with Crippen molar-refractivity contribution in [2.75, 3.05) is 0 Å². The molecule has 1 unspecified atom stereocenters. The molecule has 0 aliphatic rings. The molecule has 0 radical (unpaired) electrons. The van der Waals surface area contributed by atoms with Gasteiger partial charge in [0.15, 0.2) is 5.69 Å². The van der Waals surface area contributed by atoms with Crippen LogP contribution >= 0.6 is 0 Å². The summed E-state index contributed by atoms with van der Waals surface area (Å²) in [6.07, 6.45) is -0.930. The van der Waals surface area contributed by atoms with Crippen LogP contribution in [0.2, 0.25) is 0 Å². The predicted octanol–water partition coefficient (Wildman–Crippen LogP) is 5.72. The lowest BCUT2D eigenvalue weighted by Crippen LogP contribution is -2.24. The van der Waals surface area contributed by atoms with Crippen molar-refractivity contribution in [2.24, 2.45) is 0 Å². The van der Waals surface area contributed by atoms with Crippen molar-refractivity contribution < 1.29 is 23.1 Å². The second-order valence-corrected chi connectivity index (χ2v) is 7.83. The van der Waals surface area contributed by atoms with E-state index in [-0.39, 0.29) is 16.9 Å². The first-order valence-electron chi connectivity index (χ1n) is 10.8. The quantitative estimate of drug-likeness (QED) is 0.413. The summed E-state index contributed by atoms with van der Waals surface area (Å²) in [6.45, 7) is 6.98. The fraction of sp³-hybridized carbons (Fsp3) is 0.148. The van der Waals surface area contributed by atoms with Crippen LogP contribution in [0.1, 0.15) is 52.8 Å². The van der Waals surface area contributed by atoms with E-state index < -0.39 is 23.9 Å². The molecule has 0 bridgehead atoms. The highest BCUT2D eigenvalue weighted by Crippen LogP contribution is 2.30.